The predicted molar refractivity (Wildman–Crippen MR) is 103 cm³/mol. The molecule has 3 N–H and O–H groups in total. The number of halogens is 1. The van der Waals surface area contributed by atoms with Crippen LogP contribution in [0.1, 0.15) is 55.5 Å². The van der Waals surface area contributed by atoms with E-state index < -0.39 is 24.6 Å². The molecule has 28 heavy (non-hydrogen) atoms. The standard InChI is InChI=1S/C21H25FN2O4/c1-13-3-2-4-18-19(10-9-16(25)11-17(26)12-20(27)28)24(23-21(13)18)15-7-5-14(22)6-8-15/h5-10,13,16-17,25-26H,2-4,11-12H2,1H3,(H,27,28)/b10-9+/t13?,16-,17-/m1/s1. The number of nitrogens with zero attached hydrogens (tertiary/aromatic N) is 2. The van der Waals surface area contributed by atoms with Crippen LogP contribution in [0.4, 0.5) is 4.39 Å². The minimum absolute atomic E-state index is 0.0634. The Morgan fingerprint density at radius 3 is 2.75 bits per heavy atom. The Bertz CT molecular complexity index is 860. The van der Waals surface area contributed by atoms with Gasteiger partial charge >= 0.3 is 5.97 Å². The van der Waals surface area contributed by atoms with Crippen molar-refractivity contribution in [2.24, 2.45) is 0 Å². The molecule has 0 radical (unpaired) electrons. The maximum atomic E-state index is 13.3. The lowest BCUT2D eigenvalue weighted by Gasteiger charge is -2.17. The zero-order valence-corrected chi connectivity index (χ0v) is 15.8. The molecule has 0 saturated heterocycles. The van der Waals surface area contributed by atoms with Gasteiger partial charge in [-0.25, -0.2) is 9.07 Å². The number of benzene rings is 1. The molecule has 6 nitrogen and oxygen atoms in total. The number of carboxylic acids is 1. The summed E-state index contributed by atoms with van der Waals surface area (Å²) in [6.07, 6.45) is 3.70. The molecule has 1 aliphatic carbocycles. The summed E-state index contributed by atoms with van der Waals surface area (Å²) in [5, 5.41) is 33.3. The number of aromatic nitrogens is 2. The lowest BCUT2D eigenvalue weighted by atomic mass is 9.88. The van der Waals surface area contributed by atoms with Crippen molar-refractivity contribution in [2.45, 2.75) is 57.2 Å². The van der Waals surface area contributed by atoms with Gasteiger partial charge in [0.2, 0.25) is 0 Å². The van der Waals surface area contributed by atoms with E-state index in [4.69, 9.17) is 10.2 Å². The first kappa shape index (κ1) is 20.2. The summed E-state index contributed by atoms with van der Waals surface area (Å²) >= 11 is 0. The van der Waals surface area contributed by atoms with E-state index in [1.54, 1.807) is 29.0 Å². The molecule has 1 aromatic heterocycles. The largest absolute Gasteiger partial charge is 0.481 e. The van der Waals surface area contributed by atoms with Crippen LogP contribution in [0.15, 0.2) is 30.3 Å². The molecule has 3 atom stereocenters. The molecule has 1 aromatic carbocycles. The quantitative estimate of drug-likeness (QED) is 0.678. The number of carboxylic acid groups (broad SMARTS) is 1. The van der Waals surface area contributed by atoms with E-state index >= 15 is 0 Å². The third kappa shape index (κ3) is 4.66. The SMILES string of the molecule is CC1CCCc2c1nn(-c1ccc(F)cc1)c2/C=C/[C@@H](O)C[C@@H](O)CC(=O)O. The van der Waals surface area contributed by atoms with Crippen molar-refractivity contribution >= 4 is 12.0 Å². The average Bonchev–Trinajstić information content (AvgIpc) is 3.00. The van der Waals surface area contributed by atoms with Gasteiger partial charge in [0.15, 0.2) is 0 Å². The molecule has 2 aromatic rings. The molecular weight excluding hydrogens is 363 g/mol. The molecule has 150 valence electrons. The van der Waals surface area contributed by atoms with Crippen LogP contribution in [-0.2, 0) is 11.2 Å². The summed E-state index contributed by atoms with van der Waals surface area (Å²) in [6, 6.07) is 6.07. The third-order valence-electron chi connectivity index (χ3n) is 5.06. The Labute approximate surface area is 162 Å². The molecule has 1 heterocycles. The smallest absolute Gasteiger partial charge is 0.305 e. The van der Waals surface area contributed by atoms with E-state index in [1.807, 2.05) is 0 Å². The van der Waals surface area contributed by atoms with Crippen LogP contribution in [0.2, 0.25) is 0 Å². The Morgan fingerprint density at radius 1 is 1.36 bits per heavy atom. The Kier molecular flexibility index (Phi) is 6.26. The molecule has 1 aliphatic rings. The zero-order valence-electron chi connectivity index (χ0n) is 15.8. The lowest BCUT2D eigenvalue weighted by Crippen LogP contribution is -2.19. The average molecular weight is 388 g/mol. The highest BCUT2D eigenvalue weighted by Gasteiger charge is 2.25. The first-order chi connectivity index (χ1) is 13.3. The van der Waals surface area contributed by atoms with Crippen LogP contribution in [-0.4, -0.2) is 43.3 Å². The van der Waals surface area contributed by atoms with Gasteiger partial charge < -0.3 is 15.3 Å². The fraction of sp³-hybridized carbons (Fsp3) is 0.429. The van der Waals surface area contributed by atoms with Crippen LogP contribution in [0, 0.1) is 5.82 Å². The number of hydrogen-bond acceptors (Lipinski definition) is 4. The van der Waals surface area contributed by atoms with Gasteiger partial charge in [-0.3, -0.25) is 4.79 Å². The van der Waals surface area contributed by atoms with E-state index in [0.717, 1.165) is 41.9 Å². The minimum atomic E-state index is -1.12. The second kappa shape index (κ2) is 8.67. The number of rotatable bonds is 7. The number of hydrogen-bond donors (Lipinski definition) is 3. The van der Waals surface area contributed by atoms with Gasteiger partial charge in [0.25, 0.3) is 0 Å². The molecular formula is C21H25FN2O4. The van der Waals surface area contributed by atoms with E-state index in [2.05, 4.69) is 6.92 Å². The van der Waals surface area contributed by atoms with Crippen LogP contribution in [0.5, 0.6) is 0 Å². The van der Waals surface area contributed by atoms with E-state index in [-0.39, 0.29) is 12.2 Å². The topological polar surface area (TPSA) is 95.6 Å². The van der Waals surface area contributed by atoms with Crippen molar-refractivity contribution < 1.29 is 24.5 Å². The van der Waals surface area contributed by atoms with Gasteiger partial charge in [0.1, 0.15) is 5.82 Å². The summed E-state index contributed by atoms with van der Waals surface area (Å²) in [6.45, 7) is 2.13. The van der Waals surface area contributed by atoms with E-state index in [1.165, 1.54) is 12.1 Å². The molecule has 3 rings (SSSR count). The molecule has 0 spiro atoms. The van der Waals surface area contributed by atoms with E-state index in [0.29, 0.717) is 5.92 Å². The molecule has 1 unspecified atom stereocenters. The number of aliphatic hydroxyl groups is 2. The first-order valence-electron chi connectivity index (χ1n) is 9.49. The summed E-state index contributed by atoms with van der Waals surface area (Å²) in [7, 11) is 0. The summed E-state index contributed by atoms with van der Waals surface area (Å²) in [5.41, 5.74) is 3.66. The third-order valence-corrected chi connectivity index (χ3v) is 5.06. The summed E-state index contributed by atoms with van der Waals surface area (Å²) < 4.78 is 15.1. The van der Waals surface area contributed by atoms with Gasteiger partial charge in [-0.2, -0.15) is 5.10 Å². The second-order valence-electron chi connectivity index (χ2n) is 7.34. The van der Waals surface area contributed by atoms with Gasteiger partial charge in [0, 0.05) is 17.9 Å². The predicted octanol–water partition coefficient (Wildman–Crippen LogP) is 3.05. The number of carbonyl (C=O) groups is 1. The van der Waals surface area contributed by atoms with E-state index in [9.17, 15) is 19.4 Å². The Hall–Kier alpha value is -2.51. The summed E-state index contributed by atoms with van der Waals surface area (Å²) in [5.74, 6) is -1.12. The molecule has 7 heteroatoms. The van der Waals surface area contributed by atoms with Gasteiger partial charge in [-0.1, -0.05) is 13.0 Å². The van der Waals surface area contributed by atoms with Crippen LogP contribution in [0.25, 0.3) is 11.8 Å². The molecule has 0 amide bonds. The van der Waals surface area contributed by atoms with Crippen molar-refractivity contribution in [2.75, 3.05) is 0 Å². The highest BCUT2D eigenvalue weighted by molar-refractivity contribution is 5.67. The molecule has 0 aliphatic heterocycles. The number of aliphatic hydroxyl groups excluding tert-OH is 2. The number of fused-ring (bicyclic) bond motifs is 1. The monoisotopic (exact) mass is 388 g/mol. The summed E-state index contributed by atoms with van der Waals surface area (Å²) in [4.78, 5) is 10.7. The number of aliphatic carboxylic acids is 1. The molecule has 0 saturated carbocycles. The van der Waals surface area contributed by atoms with Gasteiger partial charge in [-0.15, -0.1) is 0 Å². The first-order valence-corrected chi connectivity index (χ1v) is 9.49. The Morgan fingerprint density at radius 2 is 2.07 bits per heavy atom. The van der Waals surface area contributed by atoms with Crippen LogP contribution < -0.4 is 0 Å². The van der Waals surface area contributed by atoms with Crippen molar-refractivity contribution in [1.82, 2.24) is 9.78 Å². The maximum Gasteiger partial charge on any atom is 0.305 e. The van der Waals surface area contributed by atoms with Crippen molar-refractivity contribution in [3.63, 3.8) is 0 Å². The second-order valence-corrected chi connectivity index (χ2v) is 7.34. The lowest BCUT2D eigenvalue weighted by molar-refractivity contribution is -0.139. The minimum Gasteiger partial charge on any atom is -0.481 e. The van der Waals surface area contributed by atoms with Crippen LogP contribution in [0.3, 0.4) is 0 Å². The van der Waals surface area contributed by atoms with Crippen molar-refractivity contribution in [1.29, 1.82) is 0 Å². The van der Waals surface area contributed by atoms with Crippen molar-refractivity contribution in [3.8, 4) is 5.69 Å². The fourth-order valence-corrected chi connectivity index (χ4v) is 3.65. The zero-order chi connectivity index (χ0) is 20.3. The Balaban J connectivity index is 1.90. The normalized spacial score (nSPS) is 18.8. The van der Waals surface area contributed by atoms with Crippen LogP contribution >= 0.6 is 0 Å². The van der Waals surface area contributed by atoms with Gasteiger partial charge in [-0.05, 0) is 49.6 Å². The molecule has 0 fully saturated rings. The maximum absolute atomic E-state index is 13.3. The highest BCUT2D eigenvalue weighted by atomic mass is 19.1. The van der Waals surface area contributed by atoms with Gasteiger partial charge in [0.05, 0.1) is 35.7 Å². The highest BCUT2D eigenvalue weighted by Crippen LogP contribution is 2.34. The van der Waals surface area contributed by atoms with Crippen molar-refractivity contribution in [3.05, 3.63) is 53.1 Å². The fourth-order valence-electron chi connectivity index (χ4n) is 3.65. The molecule has 0 bridgehead atoms.